The Kier molecular flexibility index (Phi) is 3.66. The first-order valence-corrected chi connectivity index (χ1v) is 4.92. The van der Waals surface area contributed by atoms with Crippen LogP contribution in [0.25, 0.3) is 0 Å². The average Bonchev–Trinajstić information content (AvgIpc) is 2.09. The van der Waals surface area contributed by atoms with Crippen LogP contribution in [0.1, 0.15) is 22.3 Å². The Bertz CT molecular complexity index is 435. The maximum atomic E-state index is 10.7. The maximum Gasteiger partial charge on any atom is 0.307 e. The lowest BCUT2D eigenvalue weighted by Crippen LogP contribution is -2.10. The van der Waals surface area contributed by atoms with Crippen molar-refractivity contribution in [3.63, 3.8) is 0 Å². The predicted molar refractivity (Wildman–Crippen MR) is 58.6 cm³/mol. The van der Waals surface area contributed by atoms with Crippen LogP contribution in [-0.2, 0) is 22.4 Å². The highest BCUT2D eigenvalue weighted by Gasteiger charge is 2.13. The summed E-state index contributed by atoms with van der Waals surface area (Å²) in [5.41, 5.74) is 2.98. The molecule has 0 fully saturated rings. The van der Waals surface area contributed by atoms with E-state index in [4.69, 9.17) is 10.2 Å². The molecule has 1 aromatic carbocycles. The summed E-state index contributed by atoms with van der Waals surface area (Å²) < 4.78 is 0. The third-order valence-electron chi connectivity index (χ3n) is 2.38. The van der Waals surface area contributed by atoms with Gasteiger partial charge in [0.2, 0.25) is 0 Å². The largest absolute Gasteiger partial charge is 0.481 e. The minimum absolute atomic E-state index is 0.130. The van der Waals surface area contributed by atoms with Crippen LogP contribution < -0.4 is 0 Å². The number of carboxylic acid groups (broad SMARTS) is 2. The van der Waals surface area contributed by atoms with E-state index < -0.39 is 11.9 Å². The number of carbonyl (C=O) groups is 2. The molecule has 0 spiro atoms. The van der Waals surface area contributed by atoms with Crippen molar-refractivity contribution in [1.29, 1.82) is 0 Å². The fraction of sp³-hybridized carbons (Fsp3) is 0.333. The molecule has 0 bridgehead atoms. The van der Waals surface area contributed by atoms with Gasteiger partial charge in [0.25, 0.3) is 0 Å². The minimum atomic E-state index is -0.948. The lowest BCUT2D eigenvalue weighted by molar-refractivity contribution is -0.137. The monoisotopic (exact) mass is 222 g/mol. The van der Waals surface area contributed by atoms with Gasteiger partial charge in [0.15, 0.2) is 0 Å². The van der Waals surface area contributed by atoms with Crippen molar-refractivity contribution in [3.8, 4) is 0 Å². The smallest absolute Gasteiger partial charge is 0.307 e. The van der Waals surface area contributed by atoms with E-state index in [1.807, 2.05) is 13.0 Å². The zero-order valence-electron chi connectivity index (χ0n) is 9.28. The highest BCUT2D eigenvalue weighted by molar-refractivity contribution is 5.75. The van der Waals surface area contributed by atoms with Gasteiger partial charge >= 0.3 is 11.9 Å². The fourth-order valence-corrected chi connectivity index (χ4v) is 1.81. The molecule has 0 aliphatic rings. The SMILES string of the molecule is Cc1cc(C)c(CC(=O)O)c(CC(=O)O)c1. The van der Waals surface area contributed by atoms with Gasteiger partial charge in [0.05, 0.1) is 12.8 Å². The molecule has 2 N–H and O–H groups in total. The van der Waals surface area contributed by atoms with Gasteiger partial charge in [-0.15, -0.1) is 0 Å². The molecule has 86 valence electrons. The normalized spacial score (nSPS) is 10.1. The van der Waals surface area contributed by atoms with Gasteiger partial charge < -0.3 is 10.2 Å². The maximum absolute atomic E-state index is 10.7. The summed E-state index contributed by atoms with van der Waals surface area (Å²) in [5, 5.41) is 17.5. The summed E-state index contributed by atoms with van der Waals surface area (Å²) in [4.78, 5) is 21.4. The number of aliphatic carboxylic acids is 2. The number of benzene rings is 1. The van der Waals surface area contributed by atoms with E-state index >= 15 is 0 Å². The van der Waals surface area contributed by atoms with E-state index in [1.165, 1.54) is 0 Å². The Morgan fingerprint density at radius 3 is 2.12 bits per heavy atom. The number of carboxylic acids is 2. The second-order valence-corrected chi connectivity index (χ2v) is 3.86. The minimum Gasteiger partial charge on any atom is -0.481 e. The van der Waals surface area contributed by atoms with Gasteiger partial charge in [-0.05, 0) is 30.5 Å². The first-order chi connectivity index (χ1) is 7.40. The molecular weight excluding hydrogens is 208 g/mol. The zero-order valence-corrected chi connectivity index (χ0v) is 9.28. The van der Waals surface area contributed by atoms with Crippen LogP contribution in [-0.4, -0.2) is 22.2 Å². The zero-order chi connectivity index (χ0) is 12.3. The number of rotatable bonds is 4. The molecule has 0 aliphatic heterocycles. The molecule has 0 saturated carbocycles. The van der Waals surface area contributed by atoms with Crippen LogP contribution in [0.15, 0.2) is 12.1 Å². The number of aryl methyl sites for hydroxylation is 2. The Labute approximate surface area is 93.5 Å². The van der Waals surface area contributed by atoms with E-state index in [2.05, 4.69) is 0 Å². The molecule has 0 atom stereocenters. The lowest BCUT2D eigenvalue weighted by atomic mass is 9.94. The molecule has 0 aromatic heterocycles. The molecule has 4 nitrogen and oxygen atoms in total. The highest BCUT2D eigenvalue weighted by atomic mass is 16.4. The van der Waals surface area contributed by atoms with Crippen LogP contribution in [0, 0.1) is 13.8 Å². The second kappa shape index (κ2) is 4.79. The first-order valence-electron chi connectivity index (χ1n) is 4.92. The van der Waals surface area contributed by atoms with Crippen molar-refractivity contribution in [2.24, 2.45) is 0 Å². The Balaban J connectivity index is 3.20. The van der Waals surface area contributed by atoms with Crippen LogP contribution in [0.2, 0.25) is 0 Å². The highest BCUT2D eigenvalue weighted by Crippen LogP contribution is 2.18. The molecule has 16 heavy (non-hydrogen) atoms. The van der Waals surface area contributed by atoms with Crippen LogP contribution in [0.5, 0.6) is 0 Å². The van der Waals surface area contributed by atoms with E-state index in [0.29, 0.717) is 11.1 Å². The van der Waals surface area contributed by atoms with E-state index in [0.717, 1.165) is 11.1 Å². The Hall–Kier alpha value is -1.84. The number of hydrogen-bond donors (Lipinski definition) is 2. The second-order valence-electron chi connectivity index (χ2n) is 3.86. The van der Waals surface area contributed by atoms with Crippen molar-refractivity contribution >= 4 is 11.9 Å². The summed E-state index contributed by atoms with van der Waals surface area (Å²) in [6, 6.07) is 3.60. The lowest BCUT2D eigenvalue weighted by Gasteiger charge is -2.11. The molecule has 0 unspecified atom stereocenters. The fourth-order valence-electron chi connectivity index (χ4n) is 1.81. The molecule has 1 rings (SSSR count). The van der Waals surface area contributed by atoms with Crippen molar-refractivity contribution < 1.29 is 19.8 Å². The predicted octanol–water partition coefficient (Wildman–Crippen LogP) is 1.56. The van der Waals surface area contributed by atoms with Crippen molar-refractivity contribution in [2.75, 3.05) is 0 Å². The third-order valence-corrected chi connectivity index (χ3v) is 2.38. The van der Waals surface area contributed by atoms with Crippen molar-refractivity contribution in [1.82, 2.24) is 0 Å². The summed E-state index contributed by atoms with van der Waals surface area (Å²) in [5.74, 6) is -1.89. The Morgan fingerprint density at radius 2 is 1.62 bits per heavy atom. The van der Waals surface area contributed by atoms with Gasteiger partial charge in [-0.25, -0.2) is 0 Å². The molecule has 0 aliphatic carbocycles. The van der Waals surface area contributed by atoms with Gasteiger partial charge in [-0.1, -0.05) is 17.7 Å². The Morgan fingerprint density at radius 1 is 1.06 bits per heavy atom. The van der Waals surface area contributed by atoms with Crippen LogP contribution >= 0.6 is 0 Å². The standard InChI is InChI=1S/C12H14O4/c1-7-3-8(2)10(6-12(15)16)9(4-7)5-11(13)14/h3-4H,5-6H2,1-2H3,(H,13,14)(H,15,16). The third kappa shape index (κ3) is 3.08. The van der Waals surface area contributed by atoms with E-state index in [-0.39, 0.29) is 12.8 Å². The van der Waals surface area contributed by atoms with E-state index in [9.17, 15) is 9.59 Å². The average molecular weight is 222 g/mol. The van der Waals surface area contributed by atoms with Crippen molar-refractivity contribution in [2.45, 2.75) is 26.7 Å². The number of hydrogen-bond acceptors (Lipinski definition) is 2. The molecular formula is C12H14O4. The molecule has 0 amide bonds. The molecule has 0 heterocycles. The topological polar surface area (TPSA) is 74.6 Å². The van der Waals surface area contributed by atoms with Crippen LogP contribution in [0.3, 0.4) is 0 Å². The summed E-state index contributed by atoms with van der Waals surface area (Å²) in [6.07, 6.45) is -0.264. The van der Waals surface area contributed by atoms with Crippen molar-refractivity contribution in [3.05, 3.63) is 34.4 Å². The summed E-state index contributed by atoms with van der Waals surface area (Å²) in [7, 11) is 0. The van der Waals surface area contributed by atoms with E-state index in [1.54, 1.807) is 13.0 Å². The summed E-state index contributed by atoms with van der Waals surface area (Å²) >= 11 is 0. The molecule has 0 saturated heterocycles. The first kappa shape index (κ1) is 12.2. The van der Waals surface area contributed by atoms with Gasteiger partial charge in [-0.3, -0.25) is 9.59 Å². The van der Waals surface area contributed by atoms with Gasteiger partial charge in [-0.2, -0.15) is 0 Å². The molecule has 4 heteroatoms. The quantitative estimate of drug-likeness (QED) is 0.810. The molecule has 0 radical (unpaired) electrons. The van der Waals surface area contributed by atoms with Gasteiger partial charge in [0, 0.05) is 0 Å². The van der Waals surface area contributed by atoms with Crippen LogP contribution in [0.4, 0.5) is 0 Å². The van der Waals surface area contributed by atoms with Gasteiger partial charge in [0.1, 0.15) is 0 Å². The summed E-state index contributed by atoms with van der Waals surface area (Å²) in [6.45, 7) is 3.67. The molecule has 1 aromatic rings.